The van der Waals surface area contributed by atoms with E-state index in [-0.39, 0.29) is 11.4 Å². The van der Waals surface area contributed by atoms with E-state index in [4.69, 9.17) is 11.6 Å². The van der Waals surface area contributed by atoms with Crippen molar-refractivity contribution in [3.8, 4) is 0 Å². The van der Waals surface area contributed by atoms with Gasteiger partial charge in [0.1, 0.15) is 0 Å². The van der Waals surface area contributed by atoms with Crippen LogP contribution in [0.3, 0.4) is 0 Å². The molecule has 0 aromatic rings. The maximum Gasteiger partial charge on any atom is 0.235 e. The van der Waals surface area contributed by atoms with Crippen LogP contribution in [-0.4, -0.2) is 17.5 Å². The number of alkyl halides is 1. The number of hydrogen-bond donors (Lipinski definition) is 0. The molecule has 2 nitrogen and oxygen atoms in total. The second-order valence-corrected chi connectivity index (χ2v) is 5.15. The Bertz CT molecular complexity index is 223. The summed E-state index contributed by atoms with van der Waals surface area (Å²) in [5, 5.41) is 0.188. The number of aliphatic imine (C=N–C) groups is 1. The largest absolute Gasteiger partial charge is 0.235 e. The Kier molecular flexibility index (Phi) is 4.64. The molecule has 1 rings (SSSR count). The molecule has 3 unspecified atom stereocenters. The molecule has 0 heterocycles. The first-order chi connectivity index (χ1) is 6.63. The highest BCUT2D eigenvalue weighted by Gasteiger charge is 2.29. The molecule has 1 saturated carbocycles. The summed E-state index contributed by atoms with van der Waals surface area (Å²) in [4.78, 5) is 13.9. The topological polar surface area (TPSA) is 29.4 Å². The van der Waals surface area contributed by atoms with Crippen molar-refractivity contribution < 1.29 is 4.79 Å². The van der Waals surface area contributed by atoms with Crippen LogP contribution in [0.15, 0.2) is 4.99 Å². The molecule has 0 bridgehead atoms. The molecule has 0 saturated heterocycles. The standard InChI is InChI=1S/C11H18ClNO/c1-8(2)5-9-3-4-10(13-7-14)6-11(9)12/h8-11H,3-6H2,1-2H3. The van der Waals surface area contributed by atoms with Gasteiger partial charge in [0.15, 0.2) is 0 Å². The van der Waals surface area contributed by atoms with E-state index in [0.717, 1.165) is 19.3 Å². The normalized spacial score (nSPS) is 32.7. The van der Waals surface area contributed by atoms with E-state index in [9.17, 15) is 4.79 Å². The van der Waals surface area contributed by atoms with Gasteiger partial charge in [-0.05, 0) is 37.5 Å². The first-order valence-electron chi connectivity index (χ1n) is 5.34. The zero-order valence-electron chi connectivity index (χ0n) is 8.87. The first-order valence-corrected chi connectivity index (χ1v) is 5.78. The number of carbonyl (C=O) groups excluding carboxylic acids is 1. The second-order valence-electron chi connectivity index (χ2n) is 4.59. The van der Waals surface area contributed by atoms with Crippen molar-refractivity contribution in [2.75, 3.05) is 0 Å². The summed E-state index contributed by atoms with van der Waals surface area (Å²) in [6, 6.07) is 0.124. The summed E-state index contributed by atoms with van der Waals surface area (Å²) in [6.07, 6.45) is 5.75. The van der Waals surface area contributed by atoms with Gasteiger partial charge in [0.2, 0.25) is 6.08 Å². The van der Waals surface area contributed by atoms with E-state index in [0.29, 0.717) is 11.8 Å². The van der Waals surface area contributed by atoms with Crippen LogP contribution in [0, 0.1) is 11.8 Å². The van der Waals surface area contributed by atoms with Gasteiger partial charge < -0.3 is 0 Å². The third-order valence-corrected chi connectivity index (χ3v) is 3.42. The molecule has 0 N–H and O–H groups in total. The Morgan fingerprint density at radius 3 is 2.71 bits per heavy atom. The minimum atomic E-state index is 0.124. The SMILES string of the molecule is CC(C)CC1CCC(N=C=O)CC1Cl. The quantitative estimate of drug-likeness (QED) is 0.404. The fourth-order valence-electron chi connectivity index (χ4n) is 2.22. The van der Waals surface area contributed by atoms with Gasteiger partial charge in [-0.3, -0.25) is 0 Å². The van der Waals surface area contributed by atoms with E-state index in [1.165, 1.54) is 6.42 Å². The number of hydrogen-bond acceptors (Lipinski definition) is 2. The van der Waals surface area contributed by atoms with Crippen molar-refractivity contribution in [2.24, 2.45) is 16.8 Å². The van der Waals surface area contributed by atoms with Crippen LogP contribution in [0.4, 0.5) is 0 Å². The zero-order chi connectivity index (χ0) is 10.6. The fourth-order valence-corrected chi connectivity index (χ4v) is 2.65. The average Bonchev–Trinajstić information content (AvgIpc) is 2.10. The lowest BCUT2D eigenvalue weighted by molar-refractivity contribution is 0.290. The van der Waals surface area contributed by atoms with Gasteiger partial charge in [0, 0.05) is 5.38 Å². The van der Waals surface area contributed by atoms with Gasteiger partial charge in [-0.25, -0.2) is 9.79 Å². The molecule has 0 amide bonds. The lowest BCUT2D eigenvalue weighted by Crippen LogP contribution is -2.28. The van der Waals surface area contributed by atoms with E-state index in [1.54, 1.807) is 6.08 Å². The van der Waals surface area contributed by atoms with Gasteiger partial charge in [-0.15, -0.1) is 11.6 Å². The number of nitrogens with zero attached hydrogens (tertiary/aromatic N) is 1. The van der Waals surface area contributed by atoms with Gasteiger partial charge >= 0.3 is 0 Å². The molecule has 3 heteroatoms. The summed E-state index contributed by atoms with van der Waals surface area (Å²) in [5.41, 5.74) is 0. The van der Waals surface area contributed by atoms with E-state index in [2.05, 4.69) is 18.8 Å². The highest BCUT2D eigenvalue weighted by molar-refractivity contribution is 6.20. The molecule has 80 valence electrons. The zero-order valence-corrected chi connectivity index (χ0v) is 9.63. The van der Waals surface area contributed by atoms with Crippen LogP contribution in [-0.2, 0) is 4.79 Å². The van der Waals surface area contributed by atoms with Gasteiger partial charge in [-0.1, -0.05) is 13.8 Å². The fraction of sp³-hybridized carbons (Fsp3) is 0.909. The van der Waals surface area contributed by atoms with Crippen LogP contribution < -0.4 is 0 Å². The smallest absolute Gasteiger partial charge is 0.211 e. The molecule has 1 aliphatic rings. The molecule has 14 heavy (non-hydrogen) atoms. The molecule has 3 atom stereocenters. The van der Waals surface area contributed by atoms with Gasteiger partial charge in [-0.2, -0.15) is 0 Å². The molecule has 1 fully saturated rings. The maximum atomic E-state index is 10.1. The summed E-state index contributed by atoms with van der Waals surface area (Å²) in [7, 11) is 0. The molecule has 0 aliphatic heterocycles. The molecule has 0 radical (unpaired) electrons. The summed E-state index contributed by atoms with van der Waals surface area (Å²) >= 11 is 6.27. The Hall–Kier alpha value is -0.330. The third kappa shape index (κ3) is 3.43. The van der Waals surface area contributed by atoms with Crippen molar-refractivity contribution in [3.05, 3.63) is 0 Å². The lowest BCUT2D eigenvalue weighted by atomic mass is 9.81. The minimum Gasteiger partial charge on any atom is -0.211 e. The molecule has 1 aliphatic carbocycles. The number of halogens is 1. The molecule has 0 aromatic heterocycles. The predicted molar refractivity (Wildman–Crippen MR) is 58.3 cm³/mol. The van der Waals surface area contributed by atoms with Crippen molar-refractivity contribution >= 4 is 17.7 Å². The Morgan fingerprint density at radius 2 is 2.21 bits per heavy atom. The van der Waals surface area contributed by atoms with Crippen molar-refractivity contribution in [1.82, 2.24) is 0 Å². The summed E-state index contributed by atoms with van der Waals surface area (Å²) in [6.45, 7) is 4.44. The van der Waals surface area contributed by atoms with Crippen LogP contribution >= 0.6 is 11.6 Å². The molecule has 0 spiro atoms. The minimum absolute atomic E-state index is 0.124. The molecule has 0 aromatic carbocycles. The molecular formula is C11H18ClNO. The van der Waals surface area contributed by atoms with Crippen LogP contribution in [0.1, 0.15) is 39.5 Å². The summed E-state index contributed by atoms with van der Waals surface area (Å²) < 4.78 is 0. The van der Waals surface area contributed by atoms with Crippen LogP contribution in [0.2, 0.25) is 0 Å². The van der Waals surface area contributed by atoms with Crippen LogP contribution in [0.25, 0.3) is 0 Å². The summed E-state index contributed by atoms with van der Waals surface area (Å²) in [5.74, 6) is 1.31. The molecular weight excluding hydrogens is 198 g/mol. The average molecular weight is 216 g/mol. The highest BCUT2D eigenvalue weighted by Crippen LogP contribution is 2.34. The first kappa shape index (κ1) is 11.7. The van der Waals surface area contributed by atoms with E-state index >= 15 is 0 Å². The van der Waals surface area contributed by atoms with Crippen molar-refractivity contribution in [2.45, 2.75) is 50.9 Å². The van der Waals surface area contributed by atoms with Crippen molar-refractivity contribution in [1.29, 1.82) is 0 Å². The Labute approximate surface area is 90.7 Å². The second kappa shape index (κ2) is 5.53. The van der Waals surface area contributed by atoms with Gasteiger partial charge in [0.25, 0.3) is 0 Å². The lowest BCUT2D eigenvalue weighted by Gasteiger charge is -2.31. The maximum absolute atomic E-state index is 10.1. The Balaban J connectivity index is 2.43. The third-order valence-electron chi connectivity index (χ3n) is 2.89. The Morgan fingerprint density at radius 1 is 1.50 bits per heavy atom. The number of isocyanates is 1. The van der Waals surface area contributed by atoms with Crippen molar-refractivity contribution in [3.63, 3.8) is 0 Å². The predicted octanol–water partition coefficient (Wildman–Crippen LogP) is 3.14. The van der Waals surface area contributed by atoms with Crippen LogP contribution in [0.5, 0.6) is 0 Å². The van der Waals surface area contributed by atoms with E-state index in [1.807, 2.05) is 0 Å². The number of rotatable bonds is 3. The monoisotopic (exact) mass is 215 g/mol. The highest BCUT2D eigenvalue weighted by atomic mass is 35.5. The van der Waals surface area contributed by atoms with Gasteiger partial charge in [0.05, 0.1) is 6.04 Å². The van der Waals surface area contributed by atoms with E-state index < -0.39 is 0 Å².